The van der Waals surface area contributed by atoms with E-state index in [1.165, 1.54) is 6.07 Å². The van der Waals surface area contributed by atoms with E-state index in [-0.39, 0.29) is 23.5 Å². The first kappa shape index (κ1) is 25.8. The summed E-state index contributed by atoms with van der Waals surface area (Å²) >= 11 is 0. The Hall–Kier alpha value is -3.31. The van der Waals surface area contributed by atoms with E-state index in [0.29, 0.717) is 29.0 Å². The molecule has 1 saturated carbocycles. The predicted molar refractivity (Wildman–Crippen MR) is 139 cm³/mol. The second-order valence-electron chi connectivity index (χ2n) is 9.42. The van der Waals surface area contributed by atoms with Crippen LogP contribution in [-0.4, -0.2) is 17.8 Å². The molecule has 0 bridgehead atoms. The van der Waals surface area contributed by atoms with Crippen LogP contribution in [0.3, 0.4) is 0 Å². The minimum atomic E-state index is -0.848. The molecule has 0 radical (unpaired) electrons. The van der Waals surface area contributed by atoms with Crippen molar-refractivity contribution in [3.8, 4) is 16.9 Å². The third-order valence-corrected chi connectivity index (χ3v) is 7.02. The van der Waals surface area contributed by atoms with Crippen LogP contribution in [0.25, 0.3) is 23.3 Å². The number of aliphatic hydroxyl groups excluding tert-OH is 1. The highest BCUT2D eigenvalue weighted by molar-refractivity contribution is 5.73. The Morgan fingerprint density at radius 1 is 0.944 bits per heavy atom. The van der Waals surface area contributed by atoms with Crippen LogP contribution in [0.1, 0.15) is 55.2 Å². The molecule has 3 aromatic rings. The van der Waals surface area contributed by atoms with Crippen LogP contribution in [-0.2, 0) is 0 Å². The maximum atomic E-state index is 14.9. The molecule has 1 fully saturated rings. The van der Waals surface area contributed by atoms with E-state index < -0.39 is 17.5 Å². The molecule has 36 heavy (non-hydrogen) atoms. The van der Waals surface area contributed by atoms with Gasteiger partial charge in [-0.3, -0.25) is 0 Å². The van der Waals surface area contributed by atoms with E-state index >= 15 is 0 Å². The quantitative estimate of drug-likeness (QED) is 0.254. The Bertz CT molecular complexity index is 1220. The lowest BCUT2D eigenvalue weighted by atomic mass is 9.76. The normalized spacial score (nSPS) is 18.8. The van der Waals surface area contributed by atoms with E-state index in [2.05, 4.69) is 6.58 Å². The molecule has 1 atom stereocenters. The van der Waals surface area contributed by atoms with Crippen molar-refractivity contribution in [2.24, 2.45) is 5.92 Å². The molecular weight excluding hydrogens is 461 g/mol. The molecule has 0 amide bonds. The number of aliphatic hydroxyl groups is 1. The largest absolute Gasteiger partial charge is 0.489 e. The van der Waals surface area contributed by atoms with E-state index in [0.717, 1.165) is 31.2 Å². The zero-order valence-corrected chi connectivity index (χ0v) is 20.4. The van der Waals surface area contributed by atoms with Gasteiger partial charge in [0, 0.05) is 17.2 Å². The van der Waals surface area contributed by atoms with E-state index in [1.807, 2.05) is 0 Å². The summed E-state index contributed by atoms with van der Waals surface area (Å²) < 4.78 is 49.6. The summed E-state index contributed by atoms with van der Waals surface area (Å²) in [4.78, 5) is 0. The highest BCUT2D eigenvalue weighted by Crippen LogP contribution is 2.39. The summed E-state index contributed by atoms with van der Waals surface area (Å²) in [7, 11) is 0. The average Bonchev–Trinajstić information content (AvgIpc) is 2.89. The Balaban J connectivity index is 1.45. The van der Waals surface area contributed by atoms with Gasteiger partial charge >= 0.3 is 0 Å². The van der Waals surface area contributed by atoms with Gasteiger partial charge in [-0.1, -0.05) is 61.2 Å². The Labute approximate surface area is 210 Å². The number of hydrogen-bond acceptors (Lipinski definition) is 2. The molecule has 1 N–H and O–H groups in total. The number of halogens is 3. The molecule has 1 aliphatic carbocycles. The maximum Gasteiger partial charge on any atom is 0.166 e. The monoisotopic (exact) mass is 492 g/mol. The van der Waals surface area contributed by atoms with Crippen molar-refractivity contribution in [1.29, 1.82) is 0 Å². The highest BCUT2D eigenvalue weighted by Gasteiger charge is 2.28. The molecular formula is C31H31F3O2. The number of benzene rings is 3. The highest BCUT2D eigenvalue weighted by atomic mass is 19.2. The molecule has 188 valence electrons. The predicted octanol–water partition coefficient (Wildman–Crippen LogP) is 8.16. The smallest absolute Gasteiger partial charge is 0.166 e. The van der Waals surface area contributed by atoms with Crippen LogP contribution in [0.5, 0.6) is 5.75 Å². The first-order valence-corrected chi connectivity index (χ1v) is 12.3. The van der Waals surface area contributed by atoms with Gasteiger partial charge in [0.2, 0.25) is 0 Å². The van der Waals surface area contributed by atoms with Gasteiger partial charge in [-0.05, 0) is 73.3 Å². The third-order valence-electron chi connectivity index (χ3n) is 7.02. The summed E-state index contributed by atoms with van der Waals surface area (Å²) in [6.07, 6.45) is 7.62. The van der Waals surface area contributed by atoms with Crippen molar-refractivity contribution in [3.05, 3.63) is 101 Å². The zero-order valence-electron chi connectivity index (χ0n) is 20.4. The lowest BCUT2D eigenvalue weighted by Crippen LogP contribution is -2.23. The summed E-state index contributed by atoms with van der Waals surface area (Å²) in [6, 6.07) is 15.2. The van der Waals surface area contributed by atoms with Gasteiger partial charge in [-0.15, -0.1) is 0 Å². The fourth-order valence-corrected chi connectivity index (χ4v) is 4.87. The van der Waals surface area contributed by atoms with Crippen molar-refractivity contribution in [2.75, 3.05) is 6.61 Å². The second kappa shape index (κ2) is 11.6. The van der Waals surface area contributed by atoms with Crippen LogP contribution in [0, 0.1) is 23.4 Å². The molecule has 5 heteroatoms. The molecule has 4 rings (SSSR count). The minimum Gasteiger partial charge on any atom is -0.489 e. The number of hydrogen-bond donors (Lipinski definition) is 1. The fourth-order valence-electron chi connectivity index (χ4n) is 4.87. The van der Waals surface area contributed by atoms with E-state index in [9.17, 15) is 18.3 Å². The average molecular weight is 493 g/mol. The lowest BCUT2D eigenvalue weighted by Gasteiger charge is -2.30. The standard InChI is InChI=1S/C31H31F3O2/c1-3-18-36-26-15-17-27(29(32)19-26)23-7-4-21(5-8-23)6-9-25-14-16-28(31(34)30(25)33)24-12-10-22(11-13-24)20(2)35/h3-9,14-17,19-20,22,24,35H,1,10-13,18H2,2H3/b9-6+. The van der Waals surface area contributed by atoms with Gasteiger partial charge < -0.3 is 9.84 Å². The third kappa shape index (κ3) is 5.90. The Morgan fingerprint density at radius 2 is 1.67 bits per heavy atom. The van der Waals surface area contributed by atoms with Crippen LogP contribution in [0.4, 0.5) is 13.2 Å². The fraction of sp³-hybridized carbons (Fsp3) is 0.290. The molecule has 1 unspecified atom stereocenters. The number of ether oxygens (including phenoxy) is 1. The molecule has 1 aliphatic rings. The van der Waals surface area contributed by atoms with Crippen molar-refractivity contribution in [3.63, 3.8) is 0 Å². The summed E-state index contributed by atoms with van der Waals surface area (Å²) in [5, 5.41) is 9.78. The van der Waals surface area contributed by atoms with E-state index in [1.54, 1.807) is 73.7 Å². The molecule has 2 nitrogen and oxygen atoms in total. The maximum absolute atomic E-state index is 14.9. The summed E-state index contributed by atoms with van der Waals surface area (Å²) in [6.45, 7) is 5.67. The van der Waals surface area contributed by atoms with Crippen molar-refractivity contribution >= 4 is 12.2 Å². The second-order valence-corrected chi connectivity index (χ2v) is 9.42. The summed E-state index contributed by atoms with van der Waals surface area (Å²) in [5.41, 5.74) is 2.53. The van der Waals surface area contributed by atoms with E-state index in [4.69, 9.17) is 4.74 Å². The van der Waals surface area contributed by atoms with Gasteiger partial charge in [0.1, 0.15) is 18.2 Å². The first-order chi connectivity index (χ1) is 17.4. The lowest BCUT2D eigenvalue weighted by molar-refractivity contribution is 0.0963. The van der Waals surface area contributed by atoms with Gasteiger partial charge in [-0.2, -0.15) is 0 Å². The van der Waals surface area contributed by atoms with Crippen LogP contribution in [0.2, 0.25) is 0 Å². The molecule has 0 spiro atoms. The molecule has 0 aromatic heterocycles. The first-order valence-electron chi connectivity index (χ1n) is 12.3. The molecule has 3 aromatic carbocycles. The van der Waals surface area contributed by atoms with Crippen LogP contribution < -0.4 is 4.74 Å². The van der Waals surface area contributed by atoms with Crippen LogP contribution in [0.15, 0.2) is 67.3 Å². The molecule has 0 saturated heterocycles. The van der Waals surface area contributed by atoms with Gasteiger partial charge in [-0.25, -0.2) is 13.2 Å². The molecule has 0 heterocycles. The van der Waals surface area contributed by atoms with Crippen LogP contribution >= 0.6 is 0 Å². The zero-order chi connectivity index (χ0) is 25.7. The van der Waals surface area contributed by atoms with Gasteiger partial charge in [0.05, 0.1) is 6.10 Å². The summed E-state index contributed by atoms with van der Waals surface area (Å²) in [5.74, 6) is -1.39. The van der Waals surface area contributed by atoms with Crippen molar-refractivity contribution < 1.29 is 23.0 Å². The van der Waals surface area contributed by atoms with Crippen molar-refractivity contribution in [2.45, 2.75) is 44.6 Å². The Kier molecular flexibility index (Phi) is 8.32. The van der Waals surface area contributed by atoms with Gasteiger partial charge in [0.25, 0.3) is 0 Å². The van der Waals surface area contributed by atoms with Gasteiger partial charge in [0.15, 0.2) is 11.6 Å². The molecule has 0 aliphatic heterocycles. The minimum absolute atomic E-state index is 0.0249. The SMILES string of the molecule is C=CCOc1ccc(-c2ccc(/C=C/c3ccc(C4CCC(C(C)O)CC4)c(F)c3F)cc2)c(F)c1. The topological polar surface area (TPSA) is 29.5 Å². The van der Waals surface area contributed by atoms with Crippen molar-refractivity contribution in [1.82, 2.24) is 0 Å². The number of rotatable bonds is 8. The Morgan fingerprint density at radius 3 is 2.31 bits per heavy atom.